The van der Waals surface area contributed by atoms with Crippen molar-refractivity contribution in [1.82, 2.24) is 4.98 Å². The zero-order chi connectivity index (χ0) is 16.4. The first-order valence-electron chi connectivity index (χ1n) is 7.55. The third-order valence-corrected chi connectivity index (χ3v) is 5.85. The van der Waals surface area contributed by atoms with Gasteiger partial charge >= 0.3 is 0 Å². The summed E-state index contributed by atoms with van der Waals surface area (Å²) in [6, 6.07) is 10.2. The van der Waals surface area contributed by atoms with Crippen LogP contribution in [0.2, 0.25) is 0 Å². The Kier molecular flexibility index (Phi) is 4.17. The van der Waals surface area contributed by atoms with Gasteiger partial charge in [-0.15, -0.1) is 0 Å². The number of aromatic nitrogens is 1. The van der Waals surface area contributed by atoms with Crippen LogP contribution in [0.15, 0.2) is 53.7 Å². The summed E-state index contributed by atoms with van der Waals surface area (Å²) < 4.78 is 23.5. The number of benzene rings is 1. The van der Waals surface area contributed by atoms with Crippen LogP contribution in [0, 0.1) is 5.92 Å². The van der Waals surface area contributed by atoms with Crippen LogP contribution in [-0.2, 0) is 14.6 Å². The molecule has 1 aromatic heterocycles. The smallest absolute Gasteiger partial charge is 0.228 e. The third-order valence-electron chi connectivity index (χ3n) is 4.10. The second-order valence-corrected chi connectivity index (χ2v) is 7.93. The van der Waals surface area contributed by atoms with Gasteiger partial charge in [-0.2, -0.15) is 0 Å². The minimum Gasteiger partial charge on any atom is -0.326 e. The van der Waals surface area contributed by atoms with Crippen LogP contribution in [0.25, 0.3) is 0 Å². The van der Waals surface area contributed by atoms with Gasteiger partial charge in [0.25, 0.3) is 0 Å². The monoisotopic (exact) mass is 330 g/mol. The summed E-state index contributed by atoms with van der Waals surface area (Å²) in [5.41, 5.74) is 1.69. The van der Waals surface area contributed by atoms with Crippen molar-refractivity contribution in [3.05, 3.63) is 54.4 Å². The predicted octanol–water partition coefficient (Wildman–Crippen LogP) is 2.62. The molecule has 0 spiro atoms. The molecule has 5 nitrogen and oxygen atoms in total. The highest BCUT2D eigenvalue weighted by atomic mass is 32.2. The van der Waals surface area contributed by atoms with Crippen molar-refractivity contribution in [2.75, 3.05) is 11.1 Å². The summed E-state index contributed by atoms with van der Waals surface area (Å²) in [5, 5.41) is 2.85. The minimum absolute atomic E-state index is 0.0371. The predicted molar refractivity (Wildman–Crippen MR) is 87.9 cm³/mol. The molecule has 1 amide bonds. The molecular weight excluding hydrogens is 312 g/mol. The number of rotatable bonds is 5. The van der Waals surface area contributed by atoms with Crippen molar-refractivity contribution < 1.29 is 13.2 Å². The lowest BCUT2D eigenvalue weighted by Crippen LogP contribution is -2.14. The van der Waals surface area contributed by atoms with Crippen LogP contribution >= 0.6 is 0 Å². The van der Waals surface area contributed by atoms with E-state index < -0.39 is 9.84 Å². The molecule has 3 rings (SSSR count). The van der Waals surface area contributed by atoms with E-state index in [4.69, 9.17) is 0 Å². The summed E-state index contributed by atoms with van der Waals surface area (Å²) in [4.78, 5) is 16.6. The molecule has 0 unspecified atom stereocenters. The minimum atomic E-state index is -3.21. The van der Waals surface area contributed by atoms with Crippen molar-refractivity contribution >= 4 is 21.4 Å². The van der Waals surface area contributed by atoms with E-state index in [1.165, 1.54) is 12.1 Å². The number of carbonyl (C=O) groups is 1. The van der Waals surface area contributed by atoms with E-state index in [9.17, 15) is 13.2 Å². The fraction of sp³-hybridized carbons (Fsp3) is 0.294. The molecule has 120 valence electrons. The third kappa shape index (κ3) is 3.42. The van der Waals surface area contributed by atoms with Crippen LogP contribution < -0.4 is 5.32 Å². The van der Waals surface area contributed by atoms with Gasteiger partial charge in [0, 0.05) is 24.0 Å². The molecule has 1 heterocycles. The van der Waals surface area contributed by atoms with E-state index in [1.807, 2.05) is 12.1 Å². The zero-order valence-corrected chi connectivity index (χ0v) is 13.6. The van der Waals surface area contributed by atoms with Gasteiger partial charge in [0.15, 0.2) is 9.84 Å². The number of pyridine rings is 1. The standard InChI is InChI=1S/C17H18N2O3S/c1-2-23(21,22)14-7-5-13(6-8-14)19-17(20)16-10-15(16)12-4-3-9-18-11-12/h3-9,11,15-16H,2,10H2,1H3,(H,19,20)/t15-,16+/m1/s1. The molecule has 2 atom stereocenters. The second kappa shape index (κ2) is 6.12. The van der Waals surface area contributed by atoms with Crippen molar-refractivity contribution in [3.63, 3.8) is 0 Å². The highest BCUT2D eigenvalue weighted by Gasteiger charge is 2.44. The summed E-state index contributed by atoms with van der Waals surface area (Å²) in [5.74, 6) is 0.208. The molecule has 0 radical (unpaired) electrons. The Labute approximate surface area is 135 Å². The zero-order valence-electron chi connectivity index (χ0n) is 12.8. The van der Waals surface area contributed by atoms with E-state index in [2.05, 4.69) is 10.3 Å². The lowest BCUT2D eigenvalue weighted by atomic mass is 10.1. The van der Waals surface area contributed by atoms with Gasteiger partial charge in [0.1, 0.15) is 0 Å². The molecule has 1 fully saturated rings. The molecule has 0 aliphatic heterocycles. The number of hydrogen-bond donors (Lipinski definition) is 1. The number of amides is 1. The highest BCUT2D eigenvalue weighted by molar-refractivity contribution is 7.91. The van der Waals surface area contributed by atoms with Gasteiger partial charge in [-0.05, 0) is 48.2 Å². The number of hydrogen-bond acceptors (Lipinski definition) is 4. The topological polar surface area (TPSA) is 76.1 Å². The quantitative estimate of drug-likeness (QED) is 0.914. The van der Waals surface area contributed by atoms with E-state index in [-0.39, 0.29) is 28.4 Å². The number of sulfone groups is 1. The molecule has 1 aliphatic carbocycles. The van der Waals surface area contributed by atoms with Crippen LogP contribution in [0.4, 0.5) is 5.69 Å². The summed E-state index contributed by atoms with van der Waals surface area (Å²) in [7, 11) is -3.21. The van der Waals surface area contributed by atoms with E-state index in [0.717, 1.165) is 12.0 Å². The Morgan fingerprint density at radius 1 is 1.26 bits per heavy atom. The SMILES string of the molecule is CCS(=O)(=O)c1ccc(NC(=O)[C@H]2C[C@@H]2c2cccnc2)cc1. The van der Waals surface area contributed by atoms with E-state index in [0.29, 0.717) is 5.69 Å². The molecule has 6 heteroatoms. The first-order valence-corrected chi connectivity index (χ1v) is 9.20. The first kappa shape index (κ1) is 15.7. The second-order valence-electron chi connectivity index (χ2n) is 5.65. The Balaban J connectivity index is 1.63. The van der Waals surface area contributed by atoms with Gasteiger partial charge in [0.2, 0.25) is 5.91 Å². The van der Waals surface area contributed by atoms with Gasteiger partial charge in [-0.1, -0.05) is 13.0 Å². The highest BCUT2D eigenvalue weighted by Crippen LogP contribution is 2.47. The van der Waals surface area contributed by atoms with Gasteiger partial charge in [-0.25, -0.2) is 8.42 Å². The summed E-state index contributed by atoms with van der Waals surface area (Å²) >= 11 is 0. The normalized spacial score (nSPS) is 20.0. The van der Waals surface area contributed by atoms with Crippen LogP contribution in [0.3, 0.4) is 0 Å². The number of anilines is 1. The molecular formula is C17H18N2O3S. The summed E-state index contributed by atoms with van der Waals surface area (Å²) in [6.45, 7) is 1.61. The molecule has 1 aromatic carbocycles. The largest absolute Gasteiger partial charge is 0.326 e. The Morgan fingerprint density at radius 2 is 2.00 bits per heavy atom. The molecule has 23 heavy (non-hydrogen) atoms. The van der Waals surface area contributed by atoms with Gasteiger partial charge in [-0.3, -0.25) is 9.78 Å². The van der Waals surface area contributed by atoms with Crippen LogP contribution in [-0.4, -0.2) is 25.1 Å². The lowest BCUT2D eigenvalue weighted by molar-refractivity contribution is -0.117. The first-order chi connectivity index (χ1) is 11.0. The molecule has 1 N–H and O–H groups in total. The van der Waals surface area contributed by atoms with Gasteiger partial charge in [0.05, 0.1) is 10.6 Å². The number of nitrogens with zero attached hydrogens (tertiary/aromatic N) is 1. The lowest BCUT2D eigenvalue weighted by Gasteiger charge is -2.06. The molecule has 0 saturated heterocycles. The average molecular weight is 330 g/mol. The maximum absolute atomic E-state index is 12.2. The van der Waals surface area contributed by atoms with Crippen molar-refractivity contribution in [3.8, 4) is 0 Å². The maximum Gasteiger partial charge on any atom is 0.228 e. The van der Waals surface area contributed by atoms with E-state index >= 15 is 0 Å². The number of nitrogens with one attached hydrogen (secondary N) is 1. The molecule has 0 bridgehead atoms. The Bertz CT molecular complexity index is 801. The van der Waals surface area contributed by atoms with Crippen molar-refractivity contribution in [2.45, 2.75) is 24.2 Å². The Morgan fingerprint density at radius 3 is 2.61 bits per heavy atom. The van der Waals surface area contributed by atoms with Crippen LogP contribution in [0.5, 0.6) is 0 Å². The average Bonchev–Trinajstić information content (AvgIpc) is 3.37. The van der Waals surface area contributed by atoms with E-state index in [1.54, 1.807) is 31.5 Å². The van der Waals surface area contributed by atoms with Crippen molar-refractivity contribution in [2.24, 2.45) is 5.92 Å². The van der Waals surface area contributed by atoms with Crippen LogP contribution in [0.1, 0.15) is 24.8 Å². The maximum atomic E-state index is 12.2. The Hall–Kier alpha value is -2.21. The van der Waals surface area contributed by atoms with Crippen molar-refractivity contribution in [1.29, 1.82) is 0 Å². The molecule has 1 saturated carbocycles. The fourth-order valence-corrected chi connectivity index (χ4v) is 3.48. The molecule has 1 aliphatic rings. The number of carbonyl (C=O) groups excluding carboxylic acids is 1. The molecule has 2 aromatic rings. The fourth-order valence-electron chi connectivity index (χ4n) is 2.60. The van der Waals surface area contributed by atoms with Gasteiger partial charge < -0.3 is 5.32 Å². The summed E-state index contributed by atoms with van der Waals surface area (Å²) in [6.07, 6.45) is 4.33.